The van der Waals surface area contributed by atoms with Crippen LogP contribution in [-0.2, 0) is 6.42 Å². The molecule has 2 atom stereocenters. The van der Waals surface area contributed by atoms with E-state index >= 15 is 0 Å². The molecule has 2 saturated heterocycles. The molecule has 0 aliphatic carbocycles. The van der Waals surface area contributed by atoms with Crippen LogP contribution in [0, 0.1) is 6.92 Å². The number of rotatable bonds is 4. The van der Waals surface area contributed by atoms with Gasteiger partial charge in [-0.05, 0) is 51.2 Å². The topological polar surface area (TPSA) is 79.8 Å². The molecule has 7 nitrogen and oxygen atoms in total. The molecule has 0 spiro atoms. The molecule has 2 aliphatic heterocycles. The number of carbonyl (C=O) groups is 1. The molecule has 5 rings (SSSR count). The van der Waals surface area contributed by atoms with Crippen LogP contribution in [0.25, 0.3) is 5.65 Å². The third-order valence-corrected chi connectivity index (χ3v) is 7.69. The minimum atomic E-state index is -0.000841. The van der Waals surface area contributed by atoms with Gasteiger partial charge >= 0.3 is 0 Å². The van der Waals surface area contributed by atoms with Crippen LogP contribution in [0.1, 0.15) is 64.5 Å². The second-order valence-corrected chi connectivity index (χ2v) is 9.91. The zero-order valence-corrected chi connectivity index (χ0v) is 19.1. The fourth-order valence-corrected chi connectivity index (χ4v) is 5.69. The maximum Gasteiger partial charge on any atom is 0.264 e. The normalized spacial score (nSPS) is 21.9. The first-order chi connectivity index (χ1) is 15.0. The summed E-state index contributed by atoms with van der Waals surface area (Å²) in [7, 11) is 0. The van der Waals surface area contributed by atoms with Crippen LogP contribution < -0.4 is 10.6 Å². The van der Waals surface area contributed by atoms with Crippen molar-refractivity contribution in [1.29, 1.82) is 0 Å². The summed E-state index contributed by atoms with van der Waals surface area (Å²) in [5.74, 6) is 1.12. The van der Waals surface area contributed by atoms with Crippen molar-refractivity contribution in [3.05, 3.63) is 45.4 Å². The van der Waals surface area contributed by atoms with Gasteiger partial charge in [0, 0.05) is 48.4 Å². The van der Waals surface area contributed by atoms with Gasteiger partial charge in [-0.3, -0.25) is 4.79 Å². The molecule has 2 aliphatic rings. The average Bonchev–Trinajstić information content (AvgIpc) is 3.51. The second-order valence-electron chi connectivity index (χ2n) is 8.74. The van der Waals surface area contributed by atoms with Gasteiger partial charge in [0.25, 0.3) is 5.91 Å². The zero-order valence-electron chi connectivity index (χ0n) is 18.3. The number of carbonyl (C=O) groups excluding carboxylic acids is 1. The lowest BCUT2D eigenvalue weighted by Gasteiger charge is -2.34. The summed E-state index contributed by atoms with van der Waals surface area (Å²) >= 11 is 1.61. The van der Waals surface area contributed by atoms with Gasteiger partial charge in [0.2, 0.25) is 0 Å². The molecule has 1 amide bonds. The number of amides is 1. The van der Waals surface area contributed by atoms with E-state index in [9.17, 15) is 4.79 Å². The molecule has 2 N–H and O–H groups in total. The van der Waals surface area contributed by atoms with E-state index in [4.69, 9.17) is 15.8 Å². The number of thiophene rings is 1. The summed E-state index contributed by atoms with van der Waals surface area (Å²) in [4.78, 5) is 24.6. The van der Waals surface area contributed by atoms with Crippen molar-refractivity contribution in [1.82, 2.24) is 19.5 Å². The Morgan fingerprint density at radius 2 is 2.13 bits per heavy atom. The van der Waals surface area contributed by atoms with Gasteiger partial charge in [0.05, 0.1) is 16.6 Å². The fraction of sp³-hybridized carbons (Fsp3) is 0.522. The number of aromatic nitrogens is 3. The van der Waals surface area contributed by atoms with Gasteiger partial charge in [-0.2, -0.15) is 5.10 Å². The molecule has 31 heavy (non-hydrogen) atoms. The SMILES string of the molecule is CCc1ccc(C(=O)N2CCCCC2c2cc3nc(N4CCC(N)C4)c(C)cn3n2)s1. The van der Waals surface area contributed by atoms with E-state index in [1.54, 1.807) is 11.3 Å². The van der Waals surface area contributed by atoms with Crippen LogP contribution >= 0.6 is 11.3 Å². The molecular weight excluding hydrogens is 408 g/mol. The Labute approximate surface area is 186 Å². The standard InChI is InChI=1S/C23H30N6OS/c1-3-17-7-8-20(31-17)23(30)28-10-5-4-6-19(28)18-12-21-25-22(15(2)13-29(21)26-18)27-11-9-16(24)14-27/h7-8,12-13,16,19H,3-6,9-11,14,24H2,1-2H3. The Hall–Kier alpha value is -2.45. The Kier molecular flexibility index (Phi) is 5.44. The summed E-state index contributed by atoms with van der Waals surface area (Å²) in [5.41, 5.74) is 8.97. The molecule has 3 aromatic heterocycles. The molecule has 0 radical (unpaired) electrons. The van der Waals surface area contributed by atoms with Crippen LogP contribution in [0.5, 0.6) is 0 Å². The van der Waals surface area contributed by atoms with Gasteiger partial charge < -0.3 is 15.5 Å². The highest BCUT2D eigenvalue weighted by Crippen LogP contribution is 2.33. The van der Waals surface area contributed by atoms with E-state index in [0.29, 0.717) is 0 Å². The number of aryl methyl sites for hydroxylation is 2. The molecular formula is C23H30N6OS. The van der Waals surface area contributed by atoms with Crippen molar-refractivity contribution in [2.24, 2.45) is 5.73 Å². The molecule has 0 aromatic carbocycles. The summed E-state index contributed by atoms with van der Waals surface area (Å²) in [6.07, 6.45) is 7.09. The number of hydrogen-bond donors (Lipinski definition) is 1. The number of anilines is 1. The van der Waals surface area contributed by atoms with Crippen molar-refractivity contribution in [3.63, 3.8) is 0 Å². The van der Waals surface area contributed by atoms with Gasteiger partial charge in [-0.25, -0.2) is 9.50 Å². The first kappa shape index (κ1) is 20.5. The number of nitrogens with two attached hydrogens (primary N) is 1. The first-order valence-corrected chi connectivity index (χ1v) is 12.1. The van der Waals surface area contributed by atoms with E-state index in [-0.39, 0.29) is 18.0 Å². The highest BCUT2D eigenvalue weighted by molar-refractivity contribution is 7.14. The van der Waals surface area contributed by atoms with Gasteiger partial charge in [0.15, 0.2) is 5.65 Å². The van der Waals surface area contributed by atoms with Crippen molar-refractivity contribution in [3.8, 4) is 0 Å². The quantitative estimate of drug-likeness (QED) is 0.674. The molecule has 0 bridgehead atoms. The maximum absolute atomic E-state index is 13.3. The van der Waals surface area contributed by atoms with Crippen LogP contribution in [0.2, 0.25) is 0 Å². The van der Waals surface area contributed by atoms with E-state index in [2.05, 4.69) is 30.9 Å². The maximum atomic E-state index is 13.3. The molecule has 2 fully saturated rings. The molecule has 2 unspecified atom stereocenters. The van der Waals surface area contributed by atoms with Crippen LogP contribution in [-0.4, -0.2) is 51.1 Å². The highest BCUT2D eigenvalue weighted by Gasteiger charge is 2.31. The van der Waals surface area contributed by atoms with E-state index in [1.807, 2.05) is 21.7 Å². The van der Waals surface area contributed by atoms with Crippen LogP contribution in [0.15, 0.2) is 24.4 Å². The fourth-order valence-electron chi connectivity index (χ4n) is 4.79. The zero-order chi connectivity index (χ0) is 21.5. The van der Waals surface area contributed by atoms with E-state index in [1.165, 1.54) is 4.88 Å². The number of likely N-dealkylation sites (tertiary alicyclic amines) is 1. The van der Waals surface area contributed by atoms with Crippen molar-refractivity contribution in [2.75, 3.05) is 24.5 Å². The summed E-state index contributed by atoms with van der Waals surface area (Å²) in [6.45, 7) is 6.76. The summed E-state index contributed by atoms with van der Waals surface area (Å²) in [5, 5.41) is 4.85. The van der Waals surface area contributed by atoms with Crippen molar-refractivity contribution >= 4 is 28.7 Å². The van der Waals surface area contributed by atoms with Gasteiger partial charge in [0.1, 0.15) is 5.82 Å². The Balaban J connectivity index is 1.45. The Morgan fingerprint density at radius 3 is 2.87 bits per heavy atom. The minimum Gasteiger partial charge on any atom is -0.355 e. The summed E-state index contributed by atoms with van der Waals surface area (Å²) < 4.78 is 1.86. The molecule has 164 valence electrons. The highest BCUT2D eigenvalue weighted by atomic mass is 32.1. The number of fused-ring (bicyclic) bond motifs is 1. The Morgan fingerprint density at radius 1 is 1.26 bits per heavy atom. The smallest absolute Gasteiger partial charge is 0.264 e. The Bertz CT molecular complexity index is 1100. The number of piperidine rings is 1. The lowest BCUT2D eigenvalue weighted by molar-refractivity contribution is 0.0611. The predicted octanol–water partition coefficient (Wildman–Crippen LogP) is 3.57. The lowest BCUT2D eigenvalue weighted by atomic mass is 9.99. The number of hydrogen-bond acceptors (Lipinski definition) is 6. The lowest BCUT2D eigenvalue weighted by Crippen LogP contribution is -2.38. The largest absolute Gasteiger partial charge is 0.355 e. The molecule has 8 heteroatoms. The third-order valence-electron chi connectivity index (χ3n) is 6.47. The van der Waals surface area contributed by atoms with E-state index in [0.717, 1.165) is 79.3 Å². The monoisotopic (exact) mass is 438 g/mol. The first-order valence-electron chi connectivity index (χ1n) is 11.3. The predicted molar refractivity (Wildman–Crippen MR) is 124 cm³/mol. The second kappa shape index (κ2) is 8.24. The summed E-state index contributed by atoms with van der Waals surface area (Å²) in [6, 6.07) is 6.31. The molecule has 0 saturated carbocycles. The van der Waals surface area contributed by atoms with Crippen molar-refractivity contribution in [2.45, 2.75) is 58.0 Å². The third kappa shape index (κ3) is 3.83. The van der Waals surface area contributed by atoms with E-state index < -0.39 is 0 Å². The minimum absolute atomic E-state index is 0.000841. The average molecular weight is 439 g/mol. The van der Waals surface area contributed by atoms with Crippen molar-refractivity contribution < 1.29 is 4.79 Å². The van der Waals surface area contributed by atoms with Crippen LogP contribution in [0.4, 0.5) is 5.82 Å². The number of nitrogens with zero attached hydrogens (tertiary/aromatic N) is 5. The van der Waals surface area contributed by atoms with Crippen LogP contribution in [0.3, 0.4) is 0 Å². The molecule has 3 aromatic rings. The van der Waals surface area contributed by atoms with Gasteiger partial charge in [-0.15, -0.1) is 11.3 Å². The van der Waals surface area contributed by atoms with Gasteiger partial charge in [-0.1, -0.05) is 6.92 Å². The molecule has 5 heterocycles.